The number of benzene rings is 2. The minimum atomic E-state index is -0.401. The summed E-state index contributed by atoms with van der Waals surface area (Å²) in [5, 5.41) is 13.2. The van der Waals surface area contributed by atoms with Crippen molar-refractivity contribution in [3.63, 3.8) is 0 Å². The van der Waals surface area contributed by atoms with Gasteiger partial charge in [-0.25, -0.2) is 4.39 Å². The number of nitrogens with zero attached hydrogens (tertiary/aromatic N) is 3. The molecule has 2 saturated heterocycles. The quantitative estimate of drug-likeness (QED) is 0.703. The molecular weight excluding hydrogens is 415 g/mol. The zero-order valence-electron chi connectivity index (χ0n) is 18.9. The first kappa shape index (κ1) is 22.1. The fourth-order valence-electron chi connectivity index (χ4n) is 5.60. The Labute approximate surface area is 195 Å². The topological polar surface area (TPSA) is 59.4 Å². The number of carbonyl (C=O) groups is 1. The number of rotatable bonds is 7. The predicted octanol–water partition coefficient (Wildman–Crippen LogP) is 3.79. The lowest BCUT2D eigenvalue weighted by Gasteiger charge is -2.56. The van der Waals surface area contributed by atoms with Gasteiger partial charge in [0.1, 0.15) is 5.82 Å². The van der Waals surface area contributed by atoms with Crippen LogP contribution in [-0.2, 0) is 0 Å². The van der Waals surface area contributed by atoms with E-state index in [1.165, 1.54) is 24.1 Å². The lowest BCUT2D eigenvalue weighted by Crippen LogP contribution is -2.72. The van der Waals surface area contributed by atoms with Crippen molar-refractivity contribution in [2.45, 2.75) is 43.2 Å². The summed E-state index contributed by atoms with van der Waals surface area (Å²) in [7, 11) is 0. The smallest absolute Gasteiger partial charge is 0.254 e. The molecule has 2 atom stereocenters. The van der Waals surface area contributed by atoms with Gasteiger partial charge in [-0.2, -0.15) is 5.26 Å². The highest BCUT2D eigenvalue weighted by Crippen LogP contribution is 2.41. The first-order valence-corrected chi connectivity index (χ1v) is 12.0. The minimum Gasteiger partial charge on any atom is -0.335 e. The third-order valence-electron chi connectivity index (χ3n) is 7.71. The predicted molar refractivity (Wildman–Crippen MR) is 125 cm³/mol. The van der Waals surface area contributed by atoms with Crippen LogP contribution in [0.5, 0.6) is 0 Å². The number of hydrogen-bond donors (Lipinski definition) is 1. The molecule has 33 heavy (non-hydrogen) atoms. The number of nitrogens with one attached hydrogen (secondary N) is 1. The maximum atomic E-state index is 13.5. The summed E-state index contributed by atoms with van der Waals surface area (Å²) in [6.45, 7) is 4.06. The van der Waals surface area contributed by atoms with Crippen LogP contribution in [0.25, 0.3) is 0 Å². The van der Waals surface area contributed by atoms with Gasteiger partial charge >= 0.3 is 0 Å². The molecule has 6 heteroatoms. The average molecular weight is 447 g/mol. The Kier molecular flexibility index (Phi) is 6.18. The maximum Gasteiger partial charge on any atom is 0.254 e. The number of carbonyl (C=O) groups excluding carboxylic acids is 1. The van der Waals surface area contributed by atoms with Crippen molar-refractivity contribution in [1.82, 2.24) is 15.1 Å². The Bertz CT molecular complexity index is 1020. The van der Waals surface area contributed by atoms with Crippen LogP contribution >= 0.6 is 0 Å². The van der Waals surface area contributed by atoms with E-state index >= 15 is 0 Å². The molecule has 5 rings (SSSR count). The molecule has 1 N–H and O–H groups in total. The normalized spacial score (nSPS) is 24.7. The van der Waals surface area contributed by atoms with E-state index in [-0.39, 0.29) is 11.4 Å². The molecule has 0 aromatic heterocycles. The van der Waals surface area contributed by atoms with E-state index in [4.69, 9.17) is 0 Å². The molecule has 5 nitrogen and oxygen atoms in total. The first-order valence-electron chi connectivity index (χ1n) is 12.0. The van der Waals surface area contributed by atoms with Crippen LogP contribution in [0.3, 0.4) is 0 Å². The molecule has 0 radical (unpaired) electrons. The third-order valence-corrected chi connectivity index (χ3v) is 7.71. The molecule has 2 aromatic carbocycles. The monoisotopic (exact) mass is 446 g/mol. The van der Waals surface area contributed by atoms with Crippen LogP contribution in [0.4, 0.5) is 4.39 Å². The van der Waals surface area contributed by atoms with Crippen LogP contribution in [0, 0.1) is 23.1 Å². The van der Waals surface area contributed by atoms with Gasteiger partial charge in [-0.05, 0) is 68.6 Å². The van der Waals surface area contributed by atoms with E-state index in [0.29, 0.717) is 43.0 Å². The maximum absolute atomic E-state index is 13.5. The van der Waals surface area contributed by atoms with Gasteiger partial charge in [0.2, 0.25) is 0 Å². The Balaban J connectivity index is 1.10. The van der Waals surface area contributed by atoms with Gasteiger partial charge < -0.3 is 10.2 Å². The third kappa shape index (κ3) is 4.66. The highest BCUT2D eigenvalue weighted by atomic mass is 19.1. The lowest BCUT2D eigenvalue weighted by atomic mass is 9.81. The SMILES string of the molecule is N#CCC1(N2CCC(CN[C@@H]3C[C@H]3c3ccccc3)CC2)CN(C(=O)c2cccc(F)c2)C1. The largest absolute Gasteiger partial charge is 0.335 e. The molecule has 0 spiro atoms. The molecule has 2 aliphatic heterocycles. The van der Waals surface area contributed by atoms with Crippen LogP contribution in [0.1, 0.15) is 47.5 Å². The van der Waals surface area contributed by atoms with Crippen molar-refractivity contribution in [2.24, 2.45) is 5.92 Å². The standard InChI is InChI=1S/C27H31FN4O/c28-23-8-4-7-22(15-23)26(33)31-18-27(19-31,11-12-29)32-13-9-20(10-14-32)17-30-25-16-24(25)21-5-2-1-3-6-21/h1-8,15,20,24-25,30H,9-11,13-14,16-19H2/t24-,25+/m0/s1. The van der Waals surface area contributed by atoms with E-state index in [9.17, 15) is 14.4 Å². The summed E-state index contributed by atoms with van der Waals surface area (Å²) in [5.41, 5.74) is 1.55. The van der Waals surface area contributed by atoms with E-state index in [0.717, 1.165) is 32.5 Å². The van der Waals surface area contributed by atoms with Gasteiger partial charge in [0.05, 0.1) is 18.0 Å². The molecule has 3 aliphatic rings. The van der Waals surface area contributed by atoms with Gasteiger partial charge in [0.25, 0.3) is 5.91 Å². The second kappa shape index (κ2) is 9.24. The van der Waals surface area contributed by atoms with Crippen molar-refractivity contribution in [3.05, 3.63) is 71.5 Å². The van der Waals surface area contributed by atoms with Crippen LogP contribution < -0.4 is 5.32 Å². The highest BCUT2D eigenvalue weighted by Gasteiger charge is 2.50. The number of nitriles is 1. The Morgan fingerprint density at radius 2 is 1.88 bits per heavy atom. The summed E-state index contributed by atoms with van der Waals surface area (Å²) in [5.74, 6) is 0.755. The molecule has 2 heterocycles. The molecule has 3 fully saturated rings. The summed E-state index contributed by atoms with van der Waals surface area (Å²) in [6, 6.07) is 19.5. The summed E-state index contributed by atoms with van der Waals surface area (Å²) in [4.78, 5) is 16.9. The average Bonchev–Trinajstić information content (AvgIpc) is 3.60. The molecule has 1 saturated carbocycles. The van der Waals surface area contributed by atoms with Crippen molar-refractivity contribution < 1.29 is 9.18 Å². The molecule has 1 aliphatic carbocycles. The zero-order valence-corrected chi connectivity index (χ0v) is 18.9. The van der Waals surface area contributed by atoms with Gasteiger partial charge in [0.15, 0.2) is 0 Å². The second-order valence-corrected chi connectivity index (χ2v) is 9.93. The first-order chi connectivity index (χ1) is 16.1. The number of amides is 1. The fraction of sp³-hybridized carbons (Fsp3) is 0.481. The van der Waals surface area contributed by atoms with E-state index in [1.54, 1.807) is 17.0 Å². The van der Waals surface area contributed by atoms with Crippen molar-refractivity contribution in [1.29, 1.82) is 5.26 Å². The van der Waals surface area contributed by atoms with Gasteiger partial charge in [-0.15, -0.1) is 0 Å². The second-order valence-electron chi connectivity index (χ2n) is 9.93. The van der Waals surface area contributed by atoms with Gasteiger partial charge in [-0.3, -0.25) is 9.69 Å². The molecule has 1 amide bonds. The summed E-state index contributed by atoms with van der Waals surface area (Å²) in [6.07, 6.45) is 3.87. The molecular formula is C27H31FN4O. The van der Waals surface area contributed by atoms with E-state index < -0.39 is 5.82 Å². The van der Waals surface area contributed by atoms with Crippen molar-refractivity contribution in [3.8, 4) is 6.07 Å². The van der Waals surface area contributed by atoms with Crippen LogP contribution in [-0.4, -0.2) is 60.0 Å². The van der Waals surface area contributed by atoms with Crippen molar-refractivity contribution >= 4 is 5.91 Å². The van der Waals surface area contributed by atoms with Gasteiger partial charge in [0, 0.05) is 30.6 Å². The fourth-order valence-corrected chi connectivity index (χ4v) is 5.60. The van der Waals surface area contributed by atoms with Crippen LogP contribution in [0.2, 0.25) is 0 Å². The Morgan fingerprint density at radius 1 is 1.12 bits per heavy atom. The molecule has 0 bridgehead atoms. The minimum absolute atomic E-state index is 0.153. The number of likely N-dealkylation sites (tertiary alicyclic amines) is 2. The zero-order chi connectivity index (χ0) is 22.8. The lowest BCUT2D eigenvalue weighted by molar-refractivity contribution is -0.0522. The molecule has 172 valence electrons. The summed E-state index contributed by atoms with van der Waals surface area (Å²) < 4.78 is 13.5. The Morgan fingerprint density at radius 3 is 2.58 bits per heavy atom. The number of piperidine rings is 1. The van der Waals surface area contributed by atoms with Crippen LogP contribution in [0.15, 0.2) is 54.6 Å². The van der Waals surface area contributed by atoms with Crippen molar-refractivity contribution in [2.75, 3.05) is 32.7 Å². The van der Waals surface area contributed by atoms with E-state index in [1.807, 2.05) is 0 Å². The molecule has 0 unspecified atom stereocenters. The number of halogens is 1. The highest BCUT2D eigenvalue weighted by molar-refractivity contribution is 5.95. The Hall–Kier alpha value is -2.75. The number of hydrogen-bond acceptors (Lipinski definition) is 4. The van der Waals surface area contributed by atoms with Gasteiger partial charge in [-0.1, -0.05) is 36.4 Å². The van der Waals surface area contributed by atoms with E-state index in [2.05, 4.69) is 46.6 Å². The molecule has 2 aromatic rings. The summed E-state index contributed by atoms with van der Waals surface area (Å²) >= 11 is 0.